The average Bonchev–Trinajstić information content (AvgIpc) is 3.83. The maximum atomic E-state index is 12.1. The highest BCUT2D eigenvalue weighted by Gasteiger charge is 2.40. The molecule has 6 unspecified atom stereocenters. The molecule has 398 valence electrons. The predicted molar refractivity (Wildman–Crippen MR) is 237 cm³/mol. The first-order chi connectivity index (χ1) is 33.0. The van der Waals surface area contributed by atoms with Crippen molar-refractivity contribution in [1.82, 2.24) is 19.5 Å². The van der Waals surface area contributed by atoms with Gasteiger partial charge >= 0.3 is 15.6 Å². The van der Waals surface area contributed by atoms with E-state index in [1.165, 1.54) is 35.2 Å². The van der Waals surface area contributed by atoms with E-state index in [1.807, 2.05) is 41.5 Å². The first-order valence-electron chi connectivity index (χ1n) is 18.3. The van der Waals surface area contributed by atoms with Gasteiger partial charge in [-0.3, -0.25) is 42.3 Å². The molecule has 9 N–H and O–H groups in total. The number of benzene rings is 4. The van der Waals surface area contributed by atoms with Gasteiger partial charge in [0, 0.05) is 39.3 Å². The lowest BCUT2D eigenvalue weighted by Gasteiger charge is -2.32. The fourth-order valence-corrected chi connectivity index (χ4v) is 13.4. The van der Waals surface area contributed by atoms with Crippen molar-refractivity contribution in [3.8, 4) is 0 Å². The van der Waals surface area contributed by atoms with Gasteiger partial charge in [0.25, 0.3) is 23.5 Å². The second-order valence-electron chi connectivity index (χ2n) is 13.3. The molecule has 1 aliphatic heterocycles. The lowest BCUT2D eigenvalue weighted by molar-refractivity contribution is -0.777. The summed E-state index contributed by atoms with van der Waals surface area (Å²) < 4.78 is 102. The summed E-state index contributed by atoms with van der Waals surface area (Å²) in [6.07, 6.45) is -2.39. The second kappa shape index (κ2) is 25.4. The molecular weight excluding hydrogens is 1140 g/mol. The van der Waals surface area contributed by atoms with Crippen LogP contribution in [-0.4, -0.2) is 58.4 Å². The Morgan fingerprint density at radius 1 is 0.722 bits per heavy atom. The molecule has 1 aliphatic rings. The third-order valence-electron chi connectivity index (χ3n) is 8.21. The van der Waals surface area contributed by atoms with Crippen LogP contribution in [0.3, 0.4) is 0 Å². The molecule has 33 nitrogen and oxygen atoms in total. The van der Waals surface area contributed by atoms with Crippen molar-refractivity contribution in [3.63, 3.8) is 0 Å². The molecule has 0 aliphatic carbocycles. The zero-order chi connectivity index (χ0) is 52.6. The molecule has 6 aromatic rings. The summed E-state index contributed by atoms with van der Waals surface area (Å²) in [6, 6.07) is 20.1. The number of fused-ring (bicyclic) bond motifs is 3. The molecule has 0 bridgehead atoms. The fourth-order valence-electron chi connectivity index (χ4n) is 5.82. The molecule has 3 heterocycles. The van der Waals surface area contributed by atoms with E-state index in [4.69, 9.17) is 26.0 Å². The van der Waals surface area contributed by atoms with Crippen LogP contribution in [0.5, 0.6) is 0 Å². The second-order valence-corrected chi connectivity index (χ2v) is 24.1. The average molecular weight is 1170 g/mol. The smallest absolute Gasteiger partial charge is 0.476 e. The van der Waals surface area contributed by atoms with E-state index in [-0.39, 0.29) is 36.5 Å². The molecule has 41 heteroatoms. The van der Waals surface area contributed by atoms with Crippen molar-refractivity contribution >= 4 is 121 Å². The van der Waals surface area contributed by atoms with Gasteiger partial charge < -0.3 is 70.6 Å². The van der Waals surface area contributed by atoms with Gasteiger partial charge in [-0.1, -0.05) is 56.0 Å². The van der Waals surface area contributed by atoms with Crippen LogP contribution in [0.4, 0.5) is 17.2 Å². The zero-order valence-electron chi connectivity index (χ0n) is 34.7. The topological polar surface area (TPSA) is 522 Å². The summed E-state index contributed by atoms with van der Waals surface area (Å²) in [5.74, 6) is 0.0637. The predicted octanol–water partition coefficient (Wildman–Crippen LogP) is 1.65. The van der Waals surface area contributed by atoms with Gasteiger partial charge in [-0.25, -0.2) is 37.0 Å². The number of imidazole rings is 1. The third-order valence-corrected chi connectivity index (χ3v) is 17.4. The molecule has 1 fully saturated rings. The minimum absolute atomic E-state index is 0. The van der Waals surface area contributed by atoms with Gasteiger partial charge in [-0.2, -0.15) is 8.67 Å². The van der Waals surface area contributed by atoms with Gasteiger partial charge in [0.2, 0.25) is 0 Å². The molecule has 1 saturated heterocycles. The maximum Gasteiger partial charge on any atom is 0.476 e. The Balaban J connectivity index is 0.000000244. The standard InChI is InChI=1S/C11H14NO11P3S.C10H9NO3S.C9H14N5O12P3.CH4/c1-24(14,15)22-26(18,19)23-25(16,17)12-10-6-2-5-9-8(10)4-3-7-11(9)27-21-20-13;11-9-5-1-4-8-7(9)3-2-6-10(8)15-14-13-12;10-7-6-8(12-2-11-7)14(3-13-6)5-1-4(15)9(23-5)24-28(19,20)26-29(21,22)25-27(16,17)18;/h2-7,13H,1H3,(H,14,15)(H,18,19)(H2,12,16,17);1-6,12H,11H2;2-5,9,15H,1H2,(H,19,20)(H,21,22)(H2,10,11,12)(H2,16,17,18);1H4/p-6/t;;4?,5-,9-;/m..1./s1. The lowest BCUT2D eigenvalue weighted by atomic mass is 10.1. The van der Waals surface area contributed by atoms with E-state index in [0.29, 0.717) is 40.1 Å². The fraction of sp³-hybridized carbons (Fsp3) is 0.194. The van der Waals surface area contributed by atoms with E-state index >= 15 is 0 Å². The number of hydrogen-bond acceptors (Lipinski definition) is 30. The van der Waals surface area contributed by atoms with Crippen LogP contribution in [0.1, 0.15) is 20.1 Å². The van der Waals surface area contributed by atoms with Gasteiger partial charge in [-0.05, 0) is 35.0 Å². The molecular formula is C31H35N7O26P6S2-6. The van der Waals surface area contributed by atoms with E-state index < -0.39 is 65.3 Å². The maximum absolute atomic E-state index is 12.1. The highest BCUT2D eigenvalue weighted by Crippen LogP contribution is 2.64. The van der Waals surface area contributed by atoms with Crippen LogP contribution in [0.2, 0.25) is 0 Å². The van der Waals surface area contributed by atoms with Crippen LogP contribution in [0.25, 0.3) is 32.7 Å². The summed E-state index contributed by atoms with van der Waals surface area (Å²) in [6.45, 7) is 0.453. The Morgan fingerprint density at radius 3 is 1.85 bits per heavy atom. The number of nitrogens with one attached hydrogen (secondary N) is 1. The zero-order valence-corrected chi connectivity index (χ0v) is 41.7. The first-order valence-corrected chi connectivity index (χ1v) is 29.2. The molecule has 0 spiro atoms. The van der Waals surface area contributed by atoms with E-state index in [2.05, 4.69) is 55.5 Å². The minimum Gasteiger partial charge on any atom is -0.778 e. The number of nitrogen functional groups attached to an aromatic ring is 2. The summed E-state index contributed by atoms with van der Waals surface area (Å²) in [4.78, 5) is 84.8. The van der Waals surface area contributed by atoms with Crippen molar-refractivity contribution in [2.75, 3.05) is 23.2 Å². The highest BCUT2D eigenvalue weighted by atomic mass is 32.2. The quantitative estimate of drug-likeness (QED) is 0.0199. The summed E-state index contributed by atoms with van der Waals surface area (Å²) >= 11 is 1.46. The van der Waals surface area contributed by atoms with E-state index in [1.54, 1.807) is 12.1 Å². The van der Waals surface area contributed by atoms with Gasteiger partial charge in [0.1, 0.15) is 31.8 Å². The molecule has 7 rings (SSSR count). The van der Waals surface area contributed by atoms with Crippen LogP contribution in [-0.2, 0) is 72.6 Å². The van der Waals surface area contributed by atoms with Crippen LogP contribution >= 0.6 is 70.7 Å². The third kappa shape index (κ3) is 18.2. The molecule has 0 amide bonds. The van der Waals surface area contributed by atoms with Crippen molar-refractivity contribution in [2.45, 2.75) is 42.3 Å². The van der Waals surface area contributed by atoms with Crippen molar-refractivity contribution < 1.29 is 123 Å². The highest BCUT2D eigenvalue weighted by molar-refractivity contribution is 7.95. The van der Waals surface area contributed by atoms with E-state index in [9.17, 15) is 67.5 Å². The van der Waals surface area contributed by atoms with Gasteiger partial charge in [0.05, 0.1) is 36.1 Å². The lowest BCUT2D eigenvalue weighted by Crippen LogP contribution is -2.26. The molecule has 2 aromatic heterocycles. The van der Waals surface area contributed by atoms with Crippen molar-refractivity contribution in [2.24, 2.45) is 0 Å². The van der Waals surface area contributed by atoms with Gasteiger partial charge in [0.15, 0.2) is 17.8 Å². The summed E-state index contributed by atoms with van der Waals surface area (Å²) in [5.41, 5.74) is 12.6. The van der Waals surface area contributed by atoms with Gasteiger partial charge in [-0.15, -0.1) is 0 Å². The van der Waals surface area contributed by atoms with Crippen molar-refractivity contribution in [1.29, 1.82) is 0 Å². The Kier molecular flexibility index (Phi) is 21.6. The Hall–Kier alpha value is -3.37. The molecule has 4 aromatic carbocycles. The first kappa shape index (κ1) is 61.2. The number of aliphatic hydroxyl groups excluding tert-OH is 1. The minimum atomic E-state index is -6.01. The number of hydrogen-bond donors (Lipinski definition) is 7. The molecule has 72 heavy (non-hydrogen) atoms. The number of phosphoric acid groups is 4. The van der Waals surface area contributed by atoms with Crippen LogP contribution in [0, 0.1) is 0 Å². The number of aliphatic hydroxyl groups is 1. The largest absolute Gasteiger partial charge is 0.778 e. The number of anilines is 3. The normalized spacial score (nSPS) is 20.0. The molecule has 0 radical (unpaired) electrons. The summed E-state index contributed by atoms with van der Waals surface area (Å²) in [7, 11) is -32.9. The Bertz CT molecular complexity index is 3130. The number of nitrogens with zero attached hydrogens (tertiary/aromatic N) is 4. The van der Waals surface area contributed by atoms with Crippen LogP contribution < -0.4 is 46.6 Å². The number of ether oxygens (including phenoxy) is 1. The summed E-state index contributed by atoms with van der Waals surface area (Å²) in [5, 5.41) is 40.9. The van der Waals surface area contributed by atoms with Crippen LogP contribution in [0.15, 0.2) is 95.2 Å². The number of aromatic nitrogens is 4. The Labute approximate surface area is 412 Å². The number of nitrogens with two attached hydrogens (primary N) is 2. The molecule has 0 saturated carbocycles. The molecule has 8 atom stereocenters. The SMILES string of the molecule is C.CP(=O)([O-])OP(=O)([O-])OP(=O)(O)Nc1cccc2c(SOO[O-])cccc12.Nc1cccc2c(SOO[O-])cccc12.Nc1ncnc2c1ncn2[C@H]1CC(O)[C@@H](OP(=O)([O-])OP(=O)([O-])OP(=O)(O)O)O1. The monoisotopic (exact) mass is 1170 g/mol. The Morgan fingerprint density at radius 2 is 1.26 bits per heavy atom. The number of rotatable bonds is 19. The number of phosphoric ester groups is 1. The van der Waals surface area contributed by atoms with E-state index in [0.717, 1.165) is 34.0 Å². The van der Waals surface area contributed by atoms with Crippen molar-refractivity contribution in [3.05, 3.63) is 85.5 Å².